The zero-order valence-electron chi connectivity index (χ0n) is 14.1. The summed E-state index contributed by atoms with van der Waals surface area (Å²) in [5, 5.41) is 2.97. The highest BCUT2D eigenvalue weighted by Crippen LogP contribution is 2.27. The van der Waals surface area contributed by atoms with Crippen LogP contribution in [0.5, 0.6) is 11.5 Å². The van der Waals surface area contributed by atoms with Crippen molar-refractivity contribution in [1.82, 2.24) is 5.32 Å². The monoisotopic (exact) mass is 313 g/mol. The van der Waals surface area contributed by atoms with Gasteiger partial charge in [-0.1, -0.05) is 29.8 Å². The summed E-state index contributed by atoms with van der Waals surface area (Å²) in [5.74, 6) is 1.28. The van der Waals surface area contributed by atoms with Crippen LogP contribution in [0.3, 0.4) is 0 Å². The molecule has 2 rings (SSSR count). The first-order chi connectivity index (χ1) is 11.0. The van der Waals surface area contributed by atoms with Crippen molar-refractivity contribution in [1.29, 1.82) is 0 Å². The van der Waals surface area contributed by atoms with E-state index in [1.165, 1.54) is 11.1 Å². The smallest absolute Gasteiger partial charge is 0.224 e. The van der Waals surface area contributed by atoms with Gasteiger partial charge in [-0.25, -0.2) is 0 Å². The summed E-state index contributed by atoms with van der Waals surface area (Å²) in [6, 6.07) is 11.8. The van der Waals surface area contributed by atoms with Crippen LogP contribution in [0.4, 0.5) is 0 Å². The van der Waals surface area contributed by atoms with E-state index in [1.54, 1.807) is 14.2 Å². The van der Waals surface area contributed by atoms with E-state index < -0.39 is 0 Å². The van der Waals surface area contributed by atoms with Gasteiger partial charge in [-0.05, 0) is 42.7 Å². The van der Waals surface area contributed by atoms with Crippen molar-refractivity contribution < 1.29 is 14.3 Å². The second-order valence-corrected chi connectivity index (χ2v) is 5.57. The predicted octanol–water partition coefficient (Wildman–Crippen LogP) is 3.18. The van der Waals surface area contributed by atoms with E-state index in [9.17, 15) is 4.79 Å². The minimum Gasteiger partial charge on any atom is -0.493 e. The van der Waals surface area contributed by atoms with Crippen LogP contribution in [-0.4, -0.2) is 20.1 Å². The van der Waals surface area contributed by atoms with Crippen LogP contribution in [0.25, 0.3) is 0 Å². The third-order valence-electron chi connectivity index (χ3n) is 3.79. The topological polar surface area (TPSA) is 47.6 Å². The van der Waals surface area contributed by atoms with Gasteiger partial charge in [0.2, 0.25) is 5.91 Å². The molecule has 0 aliphatic carbocycles. The molecule has 0 bridgehead atoms. The molecule has 2 aromatic carbocycles. The van der Waals surface area contributed by atoms with E-state index in [1.807, 2.05) is 25.1 Å². The minimum absolute atomic E-state index is 0.0156. The standard InChI is InChI=1S/C19H23NO3/c1-13-5-6-14(2)16(9-13)12-20-19(21)11-15-7-8-17(22-3)18(10-15)23-4/h5-10H,11-12H2,1-4H3,(H,20,21). The molecule has 4 heteroatoms. The Bertz CT molecular complexity index is 695. The van der Waals surface area contributed by atoms with Gasteiger partial charge in [-0.15, -0.1) is 0 Å². The number of benzene rings is 2. The summed E-state index contributed by atoms with van der Waals surface area (Å²) >= 11 is 0. The van der Waals surface area contributed by atoms with Gasteiger partial charge in [0.25, 0.3) is 0 Å². The lowest BCUT2D eigenvalue weighted by Crippen LogP contribution is -2.25. The maximum Gasteiger partial charge on any atom is 0.224 e. The summed E-state index contributed by atoms with van der Waals surface area (Å²) in [5.41, 5.74) is 4.41. The average Bonchev–Trinajstić information content (AvgIpc) is 2.55. The first-order valence-corrected chi connectivity index (χ1v) is 7.57. The molecule has 4 nitrogen and oxygen atoms in total. The number of nitrogens with one attached hydrogen (secondary N) is 1. The number of aryl methyl sites for hydroxylation is 2. The third-order valence-corrected chi connectivity index (χ3v) is 3.79. The van der Waals surface area contributed by atoms with E-state index in [2.05, 4.69) is 30.4 Å². The number of methoxy groups -OCH3 is 2. The van der Waals surface area contributed by atoms with Crippen LogP contribution in [-0.2, 0) is 17.8 Å². The molecule has 2 aromatic rings. The molecule has 23 heavy (non-hydrogen) atoms. The van der Waals surface area contributed by atoms with Crippen molar-refractivity contribution in [3.63, 3.8) is 0 Å². The number of carbonyl (C=O) groups is 1. The molecule has 0 unspecified atom stereocenters. The maximum absolute atomic E-state index is 12.2. The van der Waals surface area contributed by atoms with Gasteiger partial charge in [0.05, 0.1) is 20.6 Å². The molecule has 122 valence electrons. The largest absolute Gasteiger partial charge is 0.493 e. The Balaban J connectivity index is 1.98. The molecular weight excluding hydrogens is 290 g/mol. The van der Waals surface area contributed by atoms with Gasteiger partial charge in [-0.3, -0.25) is 4.79 Å². The first-order valence-electron chi connectivity index (χ1n) is 7.57. The quantitative estimate of drug-likeness (QED) is 0.891. The summed E-state index contributed by atoms with van der Waals surface area (Å²) in [6.45, 7) is 4.64. The van der Waals surface area contributed by atoms with Gasteiger partial charge in [-0.2, -0.15) is 0 Å². The van der Waals surface area contributed by atoms with Crippen LogP contribution in [0.2, 0.25) is 0 Å². The van der Waals surface area contributed by atoms with Crippen LogP contribution < -0.4 is 14.8 Å². The summed E-state index contributed by atoms with van der Waals surface area (Å²) in [6.07, 6.45) is 0.311. The molecule has 0 spiro atoms. The highest BCUT2D eigenvalue weighted by Gasteiger charge is 2.09. The van der Waals surface area contributed by atoms with Crippen molar-refractivity contribution >= 4 is 5.91 Å². The zero-order chi connectivity index (χ0) is 16.8. The second kappa shape index (κ2) is 7.68. The molecule has 0 saturated heterocycles. The Morgan fingerprint density at radius 1 is 1.00 bits per heavy atom. The summed E-state index contributed by atoms with van der Waals surface area (Å²) in [4.78, 5) is 12.2. The van der Waals surface area contributed by atoms with Gasteiger partial charge >= 0.3 is 0 Å². The Labute approximate surface area is 137 Å². The van der Waals surface area contributed by atoms with Gasteiger partial charge in [0.15, 0.2) is 11.5 Å². The number of amides is 1. The molecule has 1 amide bonds. The molecular formula is C19H23NO3. The van der Waals surface area contributed by atoms with Gasteiger partial charge in [0.1, 0.15) is 0 Å². The summed E-state index contributed by atoms with van der Waals surface area (Å²) < 4.78 is 10.5. The number of ether oxygens (including phenoxy) is 2. The fraction of sp³-hybridized carbons (Fsp3) is 0.316. The van der Waals surface area contributed by atoms with Gasteiger partial charge in [0, 0.05) is 6.54 Å². The van der Waals surface area contributed by atoms with Crippen molar-refractivity contribution in [2.24, 2.45) is 0 Å². The van der Waals surface area contributed by atoms with Crippen molar-refractivity contribution in [2.75, 3.05) is 14.2 Å². The van der Waals surface area contributed by atoms with Crippen molar-refractivity contribution in [2.45, 2.75) is 26.8 Å². The molecule has 0 aliphatic rings. The average molecular weight is 313 g/mol. The molecule has 0 aromatic heterocycles. The van der Waals surface area contributed by atoms with Gasteiger partial charge < -0.3 is 14.8 Å². The molecule has 0 fully saturated rings. The van der Waals surface area contributed by atoms with E-state index >= 15 is 0 Å². The lowest BCUT2D eigenvalue weighted by molar-refractivity contribution is -0.120. The van der Waals surface area contributed by atoms with Crippen LogP contribution >= 0.6 is 0 Å². The van der Waals surface area contributed by atoms with E-state index in [0.717, 1.165) is 11.1 Å². The van der Waals surface area contributed by atoms with Crippen molar-refractivity contribution in [3.8, 4) is 11.5 Å². The van der Waals surface area contributed by atoms with E-state index in [4.69, 9.17) is 9.47 Å². The fourth-order valence-corrected chi connectivity index (χ4v) is 2.42. The summed E-state index contributed by atoms with van der Waals surface area (Å²) in [7, 11) is 3.18. The Morgan fingerprint density at radius 2 is 1.74 bits per heavy atom. The number of hydrogen-bond acceptors (Lipinski definition) is 3. The third kappa shape index (κ3) is 4.49. The Kier molecular flexibility index (Phi) is 5.63. The second-order valence-electron chi connectivity index (χ2n) is 5.57. The van der Waals surface area contributed by atoms with Crippen LogP contribution in [0.15, 0.2) is 36.4 Å². The first kappa shape index (κ1) is 16.9. The Hall–Kier alpha value is -2.49. The molecule has 0 radical (unpaired) electrons. The van der Waals surface area contributed by atoms with Crippen LogP contribution in [0, 0.1) is 13.8 Å². The SMILES string of the molecule is COc1ccc(CC(=O)NCc2cc(C)ccc2C)cc1OC. The molecule has 0 saturated carbocycles. The minimum atomic E-state index is -0.0156. The predicted molar refractivity (Wildman–Crippen MR) is 91.0 cm³/mol. The maximum atomic E-state index is 12.2. The normalized spacial score (nSPS) is 10.3. The van der Waals surface area contributed by atoms with E-state index in [-0.39, 0.29) is 5.91 Å². The lowest BCUT2D eigenvalue weighted by atomic mass is 10.1. The number of carbonyl (C=O) groups excluding carboxylic acids is 1. The molecule has 1 N–H and O–H groups in total. The molecule has 0 aliphatic heterocycles. The Morgan fingerprint density at radius 3 is 2.43 bits per heavy atom. The number of rotatable bonds is 6. The fourth-order valence-electron chi connectivity index (χ4n) is 2.42. The number of hydrogen-bond donors (Lipinski definition) is 1. The van der Waals surface area contributed by atoms with Crippen LogP contribution in [0.1, 0.15) is 22.3 Å². The highest BCUT2D eigenvalue weighted by molar-refractivity contribution is 5.78. The molecule has 0 atom stereocenters. The lowest BCUT2D eigenvalue weighted by Gasteiger charge is -2.11. The van der Waals surface area contributed by atoms with E-state index in [0.29, 0.717) is 24.5 Å². The zero-order valence-corrected chi connectivity index (χ0v) is 14.1. The highest BCUT2D eigenvalue weighted by atomic mass is 16.5. The van der Waals surface area contributed by atoms with Crippen molar-refractivity contribution in [3.05, 3.63) is 58.7 Å². The molecule has 0 heterocycles.